The van der Waals surface area contributed by atoms with Gasteiger partial charge in [0.25, 0.3) is 0 Å². The van der Waals surface area contributed by atoms with E-state index >= 15 is 0 Å². The maximum absolute atomic E-state index is 11.7. The smallest absolute Gasteiger partial charge is 0.330 e. The number of nitrogens with zero attached hydrogens (tertiary/aromatic N) is 2. The fourth-order valence-corrected chi connectivity index (χ4v) is 9.23. The summed E-state index contributed by atoms with van der Waals surface area (Å²) in [5.74, 6) is -0.773. The molecule has 6 nitrogen and oxygen atoms in total. The van der Waals surface area contributed by atoms with Gasteiger partial charge in [-0.25, -0.2) is 9.59 Å². The van der Waals surface area contributed by atoms with Crippen molar-refractivity contribution >= 4 is 46.1 Å². The Morgan fingerprint density at radius 1 is 0.500 bits per heavy atom. The van der Waals surface area contributed by atoms with Crippen LogP contribution in [0.3, 0.4) is 0 Å². The minimum Gasteiger partial charge on any atom is -0.463 e. The number of aryl methyl sites for hydroxylation is 4. The average Bonchev–Trinajstić information content (AvgIpc) is 3.28. The van der Waals surface area contributed by atoms with Crippen molar-refractivity contribution in [2.45, 2.75) is 78.1 Å². The van der Waals surface area contributed by atoms with Crippen molar-refractivity contribution in [3.8, 4) is 11.1 Å². The monoisotopic (exact) mass is 820 g/mol. The molecule has 8 rings (SSSR count). The van der Waals surface area contributed by atoms with Gasteiger partial charge in [0.2, 0.25) is 0 Å². The van der Waals surface area contributed by atoms with E-state index in [-0.39, 0.29) is 22.8 Å². The molecule has 0 bridgehead atoms. The first-order valence-electron chi connectivity index (χ1n) is 21.7. The minimum absolute atomic E-state index is 0.263. The summed E-state index contributed by atoms with van der Waals surface area (Å²) in [7, 11) is 0. The molecule has 6 aromatic carbocycles. The molecule has 2 heterocycles. The number of hydrogen-bond donors (Lipinski definition) is 0. The van der Waals surface area contributed by atoms with Gasteiger partial charge >= 0.3 is 11.9 Å². The Hall–Kier alpha value is -6.66. The zero-order valence-corrected chi connectivity index (χ0v) is 36.9. The van der Waals surface area contributed by atoms with Crippen LogP contribution in [-0.2, 0) is 42.7 Å². The van der Waals surface area contributed by atoms with Gasteiger partial charge in [-0.2, -0.15) is 0 Å². The van der Waals surface area contributed by atoms with Gasteiger partial charge in [0.05, 0.1) is 36.0 Å². The SMILES string of the molecule is C=CC(=O)OCCCc1ccc(N2c3ccc(C)cc3C(C)(C)c3cc(-c4ccc5c(c4)C(C)(C)c4cc(CCCOC(=O)C=C)ccc4N5c4ccc(C)cc4)ccc32)cc1. The molecule has 0 amide bonds. The summed E-state index contributed by atoms with van der Waals surface area (Å²) in [6, 6.07) is 45.2. The maximum atomic E-state index is 11.7. The van der Waals surface area contributed by atoms with Crippen LogP contribution in [0.15, 0.2) is 147 Å². The summed E-state index contributed by atoms with van der Waals surface area (Å²) >= 11 is 0. The lowest BCUT2D eigenvalue weighted by Gasteiger charge is -2.43. The third kappa shape index (κ3) is 7.98. The highest BCUT2D eigenvalue weighted by molar-refractivity contribution is 5.90. The van der Waals surface area contributed by atoms with Crippen LogP contribution in [0.1, 0.15) is 85.0 Å². The molecule has 314 valence electrons. The van der Waals surface area contributed by atoms with E-state index in [2.05, 4.69) is 186 Å². The zero-order valence-electron chi connectivity index (χ0n) is 36.9. The first kappa shape index (κ1) is 42.0. The predicted molar refractivity (Wildman–Crippen MR) is 254 cm³/mol. The molecule has 0 aliphatic carbocycles. The maximum Gasteiger partial charge on any atom is 0.330 e. The lowest BCUT2D eigenvalue weighted by atomic mass is 9.71. The van der Waals surface area contributed by atoms with E-state index in [1.54, 1.807) is 0 Å². The summed E-state index contributed by atoms with van der Waals surface area (Å²) in [5, 5.41) is 0. The van der Waals surface area contributed by atoms with E-state index in [1.165, 1.54) is 90.5 Å². The highest BCUT2D eigenvalue weighted by Gasteiger charge is 2.39. The van der Waals surface area contributed by atoms with Crippen LogP contribution in [0.25, 0.3) is 11.1 Å². The molecular weight excluding hydrogens is 765 g/mol. The largest absolute Gasteiger partial charge is 0.463 e. The number of benzene rings is 6. The lowest BCUT2D eigenvalue weighted by molar-refractivity contribution is -0.138. The molecule has 0 spiro atoms. The molecule has 0 unspecified atom stereocenters. The van der Waals surface area contributed by atoms with Crippen LogP contribution in [0.5, 0.6) is 0 Å². The molecule has 0 saturated heterocycles. The minimum atomic E-state index is -0.387. The fraction of sp³-hybridized carbons (Fsp3) is 0.250. The number of rotatable bonds is 13. The van der Waals surface area contributed by atoms with E-state index in [4.69, 9.17) is 9.47 Å². The fourth-order valence-electron chi connectivity index (χ4n) is 9.23. The summed E-state index contributed by atoms with van der Waals surface area (Å²) < 4.78 is 10.5. The van der Waals surface area contributed by atoms with E-state index < -0.39 is 0 Å². The predicted octanol–water partition coefficient (Wildman–Crippen LogP) is 13.5. The molecule has 0 N–H and O–H groups in total. The van der Waals surface area contributed by atoms with Crippen molar-refractivity contribution in [2.75, 3.05) is 23.0 Å². The van der Waals surface area contributed by atoms with Crippen LogP contribution in [0.4, 0.5) is 34.1 Å². The van der Waals surface area contributed by atoms with Crippen LogP contribution in [0.2, 0.25) is 0 Å². The van der Waals surface area contributed by atoms with Crippen molar-refractivity contribution in [1.29, 1.82) is 0 Å². The van der Waals surface area contributed by atoms with Gasteiger partial charge in [-0.15, -0.1) is 0 Å². The molecule has 6 heteroatoms. The number of esters is 2. The summed E-state index contributed by atoms with van der Waals surface area (Å²) in [6.07, 6.45) is 5.52. The Morgan fingerprint density at radius 2 is 0.887 bits per heavy atom. The molecule has 0 aromatic heterocycles. The number of anilines is 6. The molecule has 2 aliphatic heterocycles. The summed E-state index contributed by atoms with van der Waals surface area (Å²) in [5.41, 5.74) is 18.7. The highest BCUT2D eigenvalue weighted by atomic mass is 16.5. The van der Waals surface area contributed by atoms with Gasteiger partial charge in [-0.3, -0.25) is 0 Å². The zero-order chi connectivity index (χ0) is 43.8. The van der Waals surface area contributed by atoms with Crippen molar-refractivity contribution in [1.82, 2.24) is 0 Å². The quantitative estimate of drug-likeness (QED) is 0.0657. The summed E-state index contributed by atoms with van der Waals surface area (Å²) in [6.45, 7) is 21.4. The number of fused-ring (bicyclic) bond motifs is 4. The Balaban J connectivity index is 1.17. The second kappa shape index (κ2) is 17.0. The molecular formula is C56H56N2O4. The molecule has 0 atom stereocenters. The van der Waals surface area contributed by atoms with Crippen LogP contribution < -0.4 is 9.80 Å². The van der Waals surface area contributed by atoms with Crippen molar-refractivity contribution in [3.63, 3.8) is 0 Å². The second-order valence-corrected chi connectivity index (χ2v) is 17.7. The number of ether oxygens (including phenoxy) is 2. The summed E-state index contributed by atoms with van der Waals surface area (Å²) in [4.78, 5) is 28.0. The first-order valence-corrected chi connectivity index (χ1v) is 21.7. The highest BCUT2D eigenvalue weighted by Crippen LogP contribution is 2.55. The Morgan fingerprint density at radius 3 is 1.39 bits per heavy atom. The standard InChI is InChI=1S/C56H56N2O4/c1-9-53(59)61-31-11-13-39-18-25-44(26-19-39)58-49-27-17-38(4)33-45(49)55(5,6)47-35-41(21-29-51(47)58)42-22-30-52-48(36-42)56(7,8)46-34-40(14-12-32-62-54(60)10-2)20-28-50(46)57(52)43-23-15-37(3)16-24-43/h9-10,15-30,33-36H,1-2,11-14,31-32H2,3-8H3. The number of carbonyl (C=O) groups excluding carboxylic acids is 2. The Labute approximate surface area is 367 Å². The van der Waals surface area contributed by atoms with Crippen molar-refractivity contribution in [3.05, 3.63) is 191 Å². The van der Waals surface area contributed by atoms with Gasteiger partial charge in [-0.1, -0.05) is 113 Å². The van der Waals surface area contributed by atoms with Crippen LogP contribution in [-0.4, -0.2) is 25.2 Å². The third-order valence-electron chi connectivity index (χ3n) is 12.7. The van der Waals surface area contributed by atoms with Gasteiger partial charge in [0.15, 0.2) is 0 Å². The van der Waals surface area contributed by atoms with Gasteiger partial charge < -0.3 is 19.3 Å². The van der Waals surface area contributed by atoms with Crippen molar-refractivity contribution < 1.29 is 19.1 Å². The van der Waals surface area contributed by atoms with E-state index in [0.717, 1.165) is 37.1 Å². The van der Waals surface area contributed by atoms with Gasteiger partial charge in [-0.05, 0) is 145 Å². The van der Waals surface area contributed by atoms with E-state index in [0.29, 0.717) is 13.2 Å². The van der Waals surface area contributed by atoms with Crippen LogP contribution in [0, 0.1) is 13.8 Å². The lowest BCUT2D eigenvalue weighted by Crippen LogP contribution is -2.31. The van der Waals surface area contributed by atoms with Crippen molar-refractivity contribution in [2.24, 2.45) is 0 Å². The number of hydrogen-bond acceptors (Lipinski definition) is 6. The Kier molecular flexibility index (Phi) is 11.5. The first-order chi connectivity index (χ1) is 29.8. The topological polar surface area (TPSA) is 59.1 Å². The van der Waals surface area contributed by atoms with Crippen LogP contribution >= 0.6 is 0 Å². The molecule has 0 fully saturated rings. The second-order valence-electron chi connectivity index (χ2n) is 17.7. The van der Waals surface area contributed by atoms with Gasteiger partial charge in [0, 0.05) is 34.4 Å². The number of carbonyl (C=O) groups is 2. The third-order valence-corrected chi connectivity index (χ3v) is 12.7. The molecule has 62 heavy (non-hydrogen) atoms. The molecule has 0 saturated carbocycles. The average molecular weight is 821 g/mol. The molecule has 2 aliphatic rings. The van der Waals surface area contributed by atoms with E-state index in [9.17, 15) is 9.59 Å². The molecule has 0 radical (unpaired) electrons. The molecule has 6 aromatic rings. The normalized spacial score (nSPS) is 14.2. The van der Waals surface area contributed by atoms with Gasteiger partial charge in [0.1, 0.15) is 0 Å². The van der Waals surface area contributed by atoms with E-state index in [1.807, 2.05) is 0 Å². The Bertz CT molecular complexity index is 2690.